The average Bonchev–Trinajstić information content (AvgIpc) is 3.39. The smallest absolute Gasteiger partial charge is 0.335 e. The molecule has 3 aromatic carbocycles. The van der Waals surface area contributed by atoms with E-state index in [1.54, 1.807) is 24.5 Å². The number of carbonyl (C=O) groups excluding carboxylic acids is 1. The normalized spacial score (nSPS) is 13.0. The number of hydrogen-bond donors (Lipinski definition) is 2. The molecule has 0 spiro atoms. The molecule has 5 aromatic rings. The Balaban J connectivity index is 1.40. The first-order valence-electron chi connectivity index (χ1n) is 13.9. The molecule has 42 heavy (non-hydrogen) atoms. The lowest BCUT2D eigenvalue weighted by atomic mass is 9.93. The number of carbonyl (C=O) groups is 2. The first kappa shape index (κ1) is 28.8. The fourth-order valence-electron chi connectivity index (χ4n) is 5.06. The Labute approximate surface area is 245 Å². The van der Waals surface area contributed by atoms with Crippen molar-refractivity contribution in [1.29, 1.82) is 0 Å². The molecular formula is C35H34N2O5. The van der Waals surface area contributed by atoms with Crippen LogP contribution < -0.4 is 5.32 Å². The zero-order chi connectivity index (χ0) is 29.9. The number of aryl methyl sites for hydroxylation is 2. The van der Waals surface area contributed by atoms with Gasteiger partial charge in [-0.2, -0.15) is 0 Å². The molecule has 0 radical (unpaired) electrons. The van der Waals surface area contributed by atoms with E-state index >= 15 is 0 Å². The second kappa shape index (κ2) is 12.0. The lowest BCUT2D eigenvalue weighted by Gasteiger charge is -2.26. The van der Waals surface area contributed by atoms with Gasteiger partial charge in [-0.05, 0) is 85.8 Å². The van der Waals surface area contributed by atoms with Crippen LogP contribution in [-0.2, 0) is 20.7 Å². The summed E-state index contributed by atoms with van der Waals surface area (Å²) in [6.45, 7) is 7.13. The largest absolute Gasteiger partial charge is 0.479 e. The molecule has 0 fully saturated rings. The summed E-state index contributed by atoms with van der Waals surface area (Å²) in [5.74, 6) is -0.722. The minimum absolute atomic E-state index is 0.104. The van der Waals surface area contributed by atoms with Crippen LogP contribution in [0.3, 0.4) is 0 Å². The highest BCUT2D eigenvalue weighted by Crippen LogP contribution is 2.35. The summed E-state index contributed by atoms with van der Waals surface area (Å²) in [6, 6.07) is 26.9. The SMILES string of the molecule is Cc1ccc(C(NC(=O)Cc2ccc3oc(C(OC(C)(C)C(=O)O)c4ccncc4)cc3c2)c2ccccc2)c(C)c1. The van der Waals surface area contributed by atoms with Gasteiger partial charge in [0.25, 0.3) is 0 Å². The van der Waals surface area contributed by atoms with Crippen LogP contribution in [0, 0.1) is 13.8 Å². The lowest BCUT2D eigenvalue weighted by molar-refractivity contribution is -0.166. The van der Waals surface area contributed by atoms with Crippen molar-refractivity contribution in [1.82, 2.24) is 10.3 Å². The number of carboxylic acids is 1. The molecule has 2 unspecified atom stereocenters. The highest BCUT2D eigenvalue weighted by molar-refractivity contribution is 5.83. The number of amides is 1. The monoisotopic (exact) mass is 562 g/mol. The molecule has 5 rings (SSSR count). The van der Waals surface area contributed by atoms with Gasteiger partial charge in [0.2, 0.25) is 5.91 Å². The highest BCUT2D eigenvalue weighted by atomic mass is 16.5. The number of ether oxygens (including phenoxy) is 1. The Morgan fingerprint density at radius 1 is 0.929 bits per heavy atom. The molecule has 2 heterocycles. The summed E-state index contributed by atoms with van der Waals surface area (Å²) in [6.07, 6.45) is 2.67. The molecule has 0 aliphatic rings. The molecule has 214 valence electrons. The van der Waals surface area contributed by atoms with Gasteiger partial charge in [0, 0.05) is 17.8 Å². The molecule has 0 aliphatic carbocycles. The third-order valence-electron chi connectivity index (χ3n) is 7.33. The molecule has 2 N–H and O–H groups in total. The third kappa shape index (κ3) is 6.42. The van der Waals surface area contributed by atoms with Crippen molar-refractivity contribution < 1.29 is 23.8 Å². The van der Waals surface area contributed by atoms with Crippen molar-refractivity contribution >= 4 is 22.8 Å². The molecule has 2 aromatic heterocycles. The van der Waals surface area contributed by atoms with Crippen LogP contribution in [0.2, 0.25) is 0 Å². The maximum absolute atomic E-state index is 13.4. The molecule has 0 aliphatic heterocycles. The van der Waals surface area contributed by atoms with Gasteiger partial charge < -0.3 is 19.6 Å². The van der Waals surface area contributed by atoms with Gasteiger partial charge >= 0.3 is 5.97 Å². The van der Waals surface area contributed by atoms with Crippen LogP contribution in [0.5, 0.6) is 0 Å². The Hall–Kier alpha value is -4.75. The molecule has 0 bridgehead atoms. The van der Waals surface area contributed by atoms with Crippen molar-refractivity contribution in [2.75, 3.05) is 0 Å². The van der Waals surface area contributed by atoms with Crippen LogP contribution in [0.4, 0.5) is 0 Å². The Morgan fingerprint density at radius 3 is 2.36 bits per heavy atom. The standard InChI is InChI=1S/C35H34N2O5/c1-22-10-12-28(23(2)18-22)32(25-8-6-5-7-9-25)37-31(38)20-24-11-13-29-27(19-24)21-30(41-29)33(26-14-16-36-17-15-26)42-35(3,4)34(39)40/h5-19,21,32-33H,20H2,1-4H3,(H,37,38)(H,39,40). The number of fused-ring (bicyclic) bond motifs is 1. The molecule has 7 nitrogen and oxygen atoms in total. The molecule has 1 amide bonds. The number of benzene rings is 3. The topological polar surface area (TPSA) is 102 Å². The Morgan fingerprint density at radius 2 is 1.67 bits per heavy atom. The van der Waals surface area contributed by atoms with Crippen molar-refractivity contribution in [3.63, 3.8) is 0 Å². The molecular weight excluding hydrogens is 528 g/mol. The van der Waals surface area contributed by atoms with E-state index in [1.165, 1.54) is 19.4 Å². The number of rotatable bonds is 10. The number of nitrogens with one attached hydrogen (secondary N) is 1. The van der Waals surface area contributed by atoms with E-state index in [-0.39, 0.29) is 18.4 Å². The van der Waals surface area contributed by atoms with Crippen LogP contribution in [0.25, 0.3) is 11.0 Å². The number of aliphatic carboxylic acids is 1. The fourth-order valence-corrected chi connectivity index (χ4v) is 5.06. The first-order chi connectivity index (χ1) is 20.1. The number of carboxylic acid groups (broad SMARTS) is 1. The van der Waals surface area contributed by atoms with Gasteiger partial charge in [-0.3, -0.25) is 9.78 Å². The summed E-state index contributed by atoms with van der Waals surface area (Å²) in [7, 11) is 0. The second-order valence-electron chi connectivity index (χ2n) is 11.1. The van der Waals surface area contributed by atoms with E-state index < -0.39 is 17.7 Å². The fraction of sp³-hybridized carbons (Fsp3) is 0.229. The molecule has 0 saturated carbocycles. The lowest BCUT2D eigenvalue weighted by Crippen LogP contribution is -2.36. The van der Waals surface area contributed by atoms with Crippen molar-refractivity contribution in [2.24, 2.45) is 0 Å². The van der Waals surface area contributed by atoms with Crippen LogP contribution in [-0.4, -0.2) is 27.6 Å². The predicted octanol–water partition coefficient (Wildman–Crippen LogP) is 6.86. The first-order valence-corrected chi connectivity index (χ1v) is 13.9. The molecule has 7 heteroatoms. The predicted molar refractivity (Wildman–Crippen MR) is 161 cm³/mol. The summed E-state index contributed by atoms with van der Waals surface area (Å²) in [5, 5.41) is 13.7. The average molecular weight is 563 g/mol. The summed E-state index contributed by atoms with van der Waals surface area (Å²) >= 11 is 0. The van der Waals surface area contributed by atoms with Gasteiger partial charge in [0.05, 0.1) is 12.5 Å². The van der Waals surface area contributed by atoms with E-state index in [2.05, 4.69) is 42.3 Å². The zero-order valence-corrected chi connectivity index (χ0v) is 24.1. The second-order valence-corrected chi connectivity index (χ2v) is 11.1. The Bertz CT molecular complexity index is 1710. The van der Waals surface area contributed by atoms with Crippen molar-refractivity contribution in [3.05, 3.63) is 136 Å². The highest BCUT2D eigenvalue weighted by Gasteiger charge is 2.34. The minimum Gasteiger partial charge on any atom is -0.479 e. The van der Waals surface area contributed by atoms with Gasteiger partial charge in [0.1, 0.15) is 17.4 Å². The van der Waals surface area contributed by atoms with Gasteiger partial charge in [-0.1, -0.05) is 60.2 Å². The van der Waals surface area contributed by atoms with Crippen LogP contribution in [0.15, 0.2) is 102 Å². The number of hydrogen-bond acceptors (Lipinski definition) is 5. The summed E-state index contributed by atoms with van der Waals surface area (Å²) in [4.78, 5) is 29.3. The van der Waals surface area contributed by atoms with Crippen LogP contribution in [0.1, 0.15) is 65.1 Å². The van der Waals surface area contributed by atoms with Crippen molar-refractivity contribution in [3.8, 4) is 0 Å². The summed E-state index contributed by atoms with van der Waals surface area (Å²) in [5.41, 5.74) is 5.06. The van der Waals surface area contributed by atoms with E-state index in [0.717, 1.165) is 33.2 Å². The number of nitrogens with zero attached hydrogens (tertiary/aromatic N) is 1. The maximum atomic E-state index is 13.4. The van der Waals surface area contributed by atoms with Crippen molar-refractivity contribution in [2.45, 2.75) is 51.9 Å². The van der Waals surface area contributed by atoms with Gasteiger partial charge in [-0.25, -0.2) is 4.79 Å². The molecule has 2 atom stereocenters. The summed E-state index contributed by atoms with van der Waals surface area (Å²) < 4.78 is 12.2. The van der Waals surface area contributed by atoms with E-state index in [1.807, 2.05) is 54.6 Å². The van der Waals surface area contributed by atoms with Gasteiger partial charge in [-0.15, -0.1) is 0 Å². The third-order valence-corrected chi connectivity index (χ3v) is 7.33. The quantitative estimate of drug-likeness (QED) is 0.193. The number of aromatic nitrogens is 1. The van der Waals surface area contributed by atoms with E-state index in [9.17, 15) is 14.7 Å². The number of furan rings is 1. The maximum Gasteiger partial charge on any atom is 0.335 e. The molecule has 0 saturated heterocycles. The van der Waals surface area contributed by atoms with Crippen LogP contribution >= 0.6 is 0 Å². The van der Waals surface area contributed by atoms with E-state index in [4.69, 9.17) is 9.15 Å². The minimum atomic E-state index is -1.46. The Kier molecular flexibility index (Phi) is 8.22. The number of pyridine rings is 1. The zero-order valence-electron chi connectivity index (χ0n) is 24.1. The van der Waals surface area contributed by atoms with E-state index in [0.29, 0.717) is 11.3 Å². The van der Waals surface area contributed by atoms with Gasteiger partial charge in [0.15, 0.2) is 5.60 Å².